The molecule has 0 N–H and O–H groups in total. The second-order valence-electron chi connectivity index (χ2n) is 6.44. The van der Waals surface area contributed by atoms with Gasteiger partial charge in [0.2, 0.25) is 0 Å². The first-order valence-electron chi connectivity index (χ1n) is 9.26. The highest BCUT2D eigenvalue weighted by molar-refractivity contribution is 7.09. The molecule has 0 radical (unpaired) electrons. The van der Waals surface area contributed by atoms with Crippen LogP contribution in [0.4, 0.5) is 5.69 Å². The van der Waals surface area contributed by atoms with Crippen LogP contribution in [0.3, 0.4) is 0 Å². The molecule has 1 aliphatic heterocycles. The highest BCUT2D eigenvalue weighted by Crippen LogP contribution is 2.34. The Labute approximate surface area is 182 Å². The van der Waals surface area contributed by atoms with Crippen molar-refractivity contribution in [3.8, 4) is 11.5 Å². The van der Waals surface area contributed by atoms with Gasteiger partial charge >= 0.3 is 5.97 Å². The first-order chi connectivity index (χ1) is 14.6. The topological polar surface area (TPSA) is 65.1 Å². The summed E-state index contributed by atoms with van der Waals surface area (Å²) in [5.41, 5.74) is 0.850. The van der Waals surface area contributed by atoms with E-state index in [4.69, 9.17) is 25.8 Å². The molecule has 2 aromatic carbocycles. The molecule has 1 amide bonds. The van der Waals surface area contributed by atoms with Gasteiger partial charge in [0.25, 0.3) is 5.91 Å². The van der Waals surface area contributed by atoms with Crippen molar-refractivity contribution < 1.29 is 23.8 Å². The fraction of sp³-hybridized carbons (Fsp3) is 0.182. The molecule has 0 spiro atoms. The Kier molecular flexibility index (Phi) is 6.21. The summed E-state index contributed by atoms with van der Waals surface area (Å²) < 4.78 is 16.4. The van der Waals surface area contributed by atoms with Crippen LogP contribution in [0.1, 0.15) is 15.2 Å². The molecular weight excluding hydrogens is 426 g/mol. The number of halogens is 1. The average molecular weight is 444 g/mol. The maximum Gasteiger partial charge on any atom is 0.340 e. The molecule has 3 aromatic rings. The number of hydrogen-bond donors (Lipinski definition) is 0. The van der Waals surface area contributed by atoms with Crippen LogP contribution in [0.15, 0.2) is 60.0 Å². The van der Waals surface area contributed by atoms with E-state index in [0.717, 1.165) is 4.88 Å². The number of rotatable bonds is 6. The second kappa shape index (κ2) is 9.19. The molecule has 1 aromatic heterocycles. The minimum Gasteiger partial charge on any atom is -0.486 e. The highest BCUT2D eigenvalue weighted by Gasteiger charge is 2.22. The van der Waals surface area contributed by atoms with Crippen LogP contribution in [0.2, 0.25) is 5.02 Å². The molecule has 0 saturated carbocycles. The summed E-state index contributed by atoms with van der Waals surface area (Å²) >= 11 is 7.57. The smallest absolute Gasteiger partial charge is 0.340 e. The maximum absolute atomic E-state index is 13.0. The molecule has 0 unspecified atom stereocenters. The summed E-state index contributed by atoms with van der Waals surface area (Å²) in [6.45, 7) is 0.872. The molecule has 8 heteroatoms. The van der Waals surface area contributed by atoms with E-state index in [9.17, 15) is 9.59 Å². The molecule has 154 valence electrons. The van der Waals surface area contributed by atoms with Gasteiger partial charge in [0.05, 0.1) is 17.1 Å². The zero-order chi connectivity index (χ0) is 20.9. The lowest BCUT2D eigenvalue weighted by Gasteiger charge is -2.25. The van der Waals surface area contributed by atoms with Gasteiger partial charge in [0.15, 0.2) is 18.1 Å². The molecule has 0 aliphatic carbocycles. The second-order valence-corrected chi connectivity index (χ2v) is 7.88. The maximum atomic E-state index is 13.0. The molecule has 6 nitrogen and oxygen atoms in total. The zero-order valence-corrected chi connectivity index (χ0v) is 17.4. The minimum atomic E-state index is -0.646. The molecular formula is C22H18ClNO5S. The van der Waals surface area contributed by atoms with Crippen molar-refractivity contribution in [3.63, 3.8) is 0 Å². The van der Waals surface area contributed by atoms with Gasteiger partial charge in [-0.25, -0.2) is 4.79 Å². The Balaban J connectivity index is 1.53. The summed E-state index contributed by atoms with van der Waals surface area (Å²) in [7, 11) is 0. The van der Waals surface area contributed by atoms with E-state index in [0.29, 0.717) is 36.9 Å². The van der Waals surface area contributed by atoms with Crippen LogP contribution in [0, 0.1) is 0 Å². The normalized spacial score (nSPS) is 12.3. The van der Waals surface area contributed by atoms with Crippen molar-refractivity contribution in [2.24, 2.45) is 0 Å². The van der Waals surface area contributed by atoms with Crippen LogP contribution in [0.5, 0.6) is 11.5 Å². The number of benzene rings is 2. The summed E-state index contributed by atoms with van der Waals surface area (Å²) in [6.07, 6.45) is 0. The van der Waals surface area contributed by atoms with Gasteiger partial charge in [-0.2, -0.15) is 0 Å². The van der Waals surface area contributed by atoms with E-state index in [1.165, 1.54) is 0 Å². The van der Waals surface area contributed by atoms with Crippen molar-refractivity contribution in [2.45, 2.75) is 6.54 Å². The van der Waals surface area contributed by atoms with Crippen molar-refractivity contribution in [3.05, 3.63) is 75.4 Å². The Morgan fingerprint density at radius 3 is 2.60 bits per heavy atom. The lowest BCUT2D eigenvalue weighted by atomic mass is 10.2. The predicted molar refractivity (Wildman–Crippen MR) is 115 cm³/mol. The van der Waals surface area contributed by atoms with Gasteiger partial charge in [-0.15, -0.1) is 11.3 Å². The van der Waals surface area contributed by atoms with E-state index >= 15 is 0 Å². The average Bonchev–Trinajstić information content (AvgIpc) is 3.29. The van der Waals surface area contributed by atoms with Gasteiger partial charge in [0, 0.05) is 16.6 Å². The minimum absolute atomic E-state index is 0.219. The predicted octanol–water partition coefficient (Wildman–Crippen LogP) is 4.56. The van der Waals surface area contributed by atoms with Crippen molar-refractivity contribution in [1.29, 1.82) is 0 Å². The number of nitrogens with zero attached hydrogens (tertiary/aromatic N) is 1. The summed E-state index contributed by atoms with van der Waals surface area (Å²) in [5, 5.41) is 2.22. The first kappa shape index (κ1) is 20.3. The summed E-state index contributed by atoms with van der Waals surface area (Å²) in [5.74, 6) is 0.210. The van der Waals surface area contributed by atoms with Crippen molar-refractivity contribution in [2.75, 3.05) is 24.7 Å². The Bertz CT molecular complexity index is 1050. The quantitative estimate of drug-likeness (QED) is 0.522. The van der Waals surface area contributed by atoms with Gasteiger partial charge < -0.3 is 19.1 Å². The van der Waals surface area contributed by atoms with Crippen molar-refractivity contribution >= 4 is 40.5 Å². The van der Waals surface area contributed by atoms with E-state index < -0.39 is 12.6 Å². The van der Waals surface area contributed by atoms with Crippen LogP contribution >= 0.6 is 22.9 Å². The van der Waals surface area contributed by atoms with Crippen LogP contribution in [0.25, 0.3) is 0 Å². The Hall–Kier alpha value is -3.03. The third-order valence-electron chi connectivity index (χ3n) is 4.45. The van der Waals surface area contributed by atoms with Crippen LogP contribution in [-0.2, 0) is 16.1 Å². The van der Waals surface area contributed by atoms with Gasteiger partial charge in [-0.1, -0.05) is 29.8 Å². The zero-order valence-electron chi connectivity index (χ0n) is 15.9. The number of amides is 1. The fourth-order valence-electron chi connectivity index (χ4n) is 2.99. The molecule has 4 rings (SSSR count). The molecule has 0 fully saturated rings. The molecule has 2 heterocycles. The monoisotopic (exact) mass is 443 g/mol. The fourth-order valence-corrected chi connectivity index (χ4v) is 3.90. The lowest BCUT2D eigenvalue weighted by molar-refractivity contribution is -0.121. The van der Waals surface area contributed by atoms with E-state index in [2.05, 4.69) is 0 Å². The standard InChI is InChI=1S/C22H18ClNO5S/c23-18-6-2-1-5-17(18)22(26)29-14-21(25)24(13-16-4-3-11-30-16)15-7-8-19-20(12-15)28-10-9-27-19/h1-8,11-12H,9-10,13-14H2. The molecule has 0 saturated heterocycles. The van der Waals surface area contributed by atoms with E-state index in [1.54, 1.807) is 58.7 Å². The van der Waals surface area contributed by atoms with Crippen LogP contribution < -0.4 is 14.4 Å². The van der Waals surface area contributed by atoms with Crippen molar-refractivity contribution in [1.82, 2.24) is 0 Å². The van der Waals surface area contributed by atoms with Gasteiger partial charge in [-0.05, 0) is 35.7 Å². The number of ether oxygens (including phenoxy) is 3. The largest absolute Gasteiger partial charge is 0.486 e. The number of esters is 1. The number of carbonyl (C=O) groups excluding carboxylic acids is 2. The third kappa shape index (κ3) is 4.58. The van der Waals surface area contributed by atoms with E-state index in [-0.39, 0.29) is 16.5 Å². The molecule has 30 heavy (non-hydrogen) atoms. The molecule has 1 aliphatic rings. The number of anilines is 1. The number of fused-ring (bicyclic) bond motifs is 1. The van der Waals surface area contributed by atoms with Gasteiger partial charge in [0.1, 0.15) is 13.2 Å². The SMILES string of the molecule is O=C(OCC(=O)N(Cc1cccs1)c1ccc2c(c1)OCCO2)c1ccccc1Cl. The molecule has 0 atom stereocenters. The lowest BCUT2D eigenvalue weighted by Crippen LogP contribution is -2.34. The Morgan fingerprint density at radius 1 is 1.03 bits per heavy atom. The Morgan fingerprint density at radius 2 is 1.83 bits per heavy atom. The number of hydrogen-bond acceptors (Lipinski definition) is 6. The number of carbonyl (C=O) groups is 2. The first-order valence-corrected chi connectivity index (χ1v) is 10.5. The van der Waals surface area contributed by atoms with Crippen LogP contribution in [-0.4, -0.2) is 31.7 Å². The molecule has 0 bridgehead atoms. The van der Waals surface area contributed by atoms with Gasteiger partial charge in [-0.3, -0.25) is 4.79 Å². The number of thiophene rings is 1. The third-order valence-corrected chi connectivity index (χ3v) is 5.64. The summed E-state index contributed by atoms with van der Waals surface area (Å²) in [6, 6.07) is 15.7. The van der Waals surface area contributed by atoms with E-state index in [1.807, 2.05) is 17.5 Å². The summed E-state index contributed by atoms with van der Waals surface area (Å²) in [4.78, 5) is 27.9. The highest BCUT2D eigenvalue weighted by atomic mass is 35.5.